The topological polar surface area (TPSA) is 98.3 Å². The molecule has 196 valence electrons. The molecule has 3 aromatic rings. The van der Waals surface area contributed by atoms with E-state index >= 15 is 0 Å². The van der Waals surface area contributed by atoms with Crippen molar-refractivity contribution >= 4 is 42.4 Å². The van der Waals surface area contributed by atoms with E-state index < -0.39 is 9.84 Å². The molecule has 0 aliphatic heterocycles. The SMILES string of the molecule is COc1ccc(S(=O)(=O)CCCC(=O)N(CCCN(C)C)c2nc3c(OC)ccc(OC)c3s2)cc1. The molecule has 1 aromatic heterocycles. The summed E-state index contributed by atoms with van der Waals surface area (Å²) in [6.45, 7) is 1.26. The van der Waals surface area contributed by atoms with E-state index in [1.165, 1.54) is 30.6 Å². The summed E-state index contributed by atoms with van der Waals surface area (Å²) in [4.78, 5) is 21.9. The molecule has 2 aromatic carbocycles. The summed E-state index contributed by atoms with van der Waals surface area (Å²) in [5.74, 6) is 1.54. The van der Waals surface area contributed by atoms with E-state index in [9.17, 15) is 13.2 Å². The number of hydrogen-bond acceptors (Lipinski definition) is 9. The third kappa shape index (κ3) is 6.65. The smallest absolute Gasteiger partial charge is 0.228 e. The first-order valence-corrected chi connectivity index (χ1v) is 14.0. The van der Waals surface area contributed by atoms with E-state index in [-0.39, 0.29) is 29.4 Å². The van der Waals surface area contributed by atoms with Gasteiger partial charge in [0, 0.05) is 13.0 Å². The van der Waals surface area contributed by atoms with Crippen molar-refractivity contribution < 1.29 is 27.4 Å². The summed E-state index contributed by atoms with van der Waals surface area (Å²) in [6.07, 6.45) is 1.03. The first kappa shape index (κ1) is 27.7. The van der Waals surface area contributed by atoms with Crippen LogP contribution < -0.4 is 19.1 Å². The molecule has 0 spiro atoms. The second-order valence-corrected chi connectivity index (χ2v) is 11.5. The van der Waals surface area contributed by atoms with Crippen molar-refractivity contribution in [1.82, 2.24) is 9.88 Å². The molecule has 0 atom stereocenters. The second-order valence-electron chi connectivity index (χ2n) is 8.44. The minimum absolute atomic E-state index is 0.0849. The number of fused-ring (bicyclic) bond motifs is 1. The Labute approximate surface area is 216 Å². The van der Waals surface area contributed by atoms with Gasteiger partial charge in [0.1, 0.15) is 27.5 Å². The van der Waals surface area contributed by atoms with Crippen LogP contribution in [0.5, 0.6) is 17.2 Å². The molecule has 1 amide bonds. The van der Waals surface area contributed by atoms with Crippen molar-refractivity contribution in [1.29, 1.82) is 0 Å². The van der Waals surface area contributed by atoms with E-state index in [1.54, 1.807) is 37.3 Å². The zero-order valence-electron chi connectivity index (χ0n) is 21.3. The molecule has 11 heteroatoms. The molecule has 0 aliphatic carbocycles. The Morgan fingerprint density at radius 3 is 2.19 bits per heavy atom. The normalized spacial score (nSPS) is 11.6. The summed E-state index contributed by atoms with van der Waals surface area (Å²) in [5.41, 5.74) is 0.629. The molecular weight excluding hydrogens is 502 g/mol. The Hall–Kier alpha value is -2.89. The van der Waals surface area contributed by atoms with Crippen LogP contribution in [0.15, 0.2) is 41.3 Å². The lowest BCUT2D eigenvalue weighted by Gasteiger charge is -2.21. The summed E-state index contributed by atoms with van der Waals surface area (Å²) in [7, 11) is 5.12. The quantitative estimate of drug-likeness (QED) is 0.325. The highest BCUT2D eigenvalue weighted by Gasteiger charge is 2.23. The monoisotopic (exact) mass is 535 g/mol. The van der Waals surface area contributed by atoms with Crippen LogP contribution in [-0.2, 0) is 14.6 Å². The van der Waals surface area contributed by atoms with Crippen LogP contribution in [0.3, 0.4) is 0 Å². The molecule has 36 heavy (non-hydrogen) atoms. The van der Waals surface area contributed by atoms with Gasteiger partial charge >= 0.3 is 0 Å². The largest absolute Gasteiger partial charge is 0.497 e. The number of ether oxygens (including phenoxy) is 3. The Kier molecular flexibility index (Phi) is 9.52. The van der Waals surface area contributed by atoms with Crippen molar-refractivity contribution in [2.24, 2.45) is 0 Å². The van der Waals surface area contributed by atoms with Gasteiger partial charge in [0.05, 0.1) is 32.0 Å². The average Bonchev–Trinajstić information content (AvgIpc) is 3.30. The van der Waals surface area contributed by atoms with Crippen LogP contribution in [0.1, 0.15) is 19.3 Å². The molecule has 0 unspecified atom stereocenters. The maximum absolute atomic E-state index is 13.3. The van der Waals surface area contributed by atoms with E-state index in [1.807, 2.05) is 20.2 Å². The fourth-order valence-corrected chi connectivity index (χ4v) is 6.14. The number of sulfone groups is 1. The summed E-state index contributed by atoms with van der Waals surface area (Å²) < 4.78 is 42.3. The Morgan fingerprint density at radius 2 is 1.58 bits per heavy atom. The number of aromatic nitrogens is 1. The lowest BCUT2D eigenvalue weighted by atomic mass is 10.3. The highest BCUT2D eigenvalue weighted by atomic mass is 32.2. The first-order chi connectivity index (χ1) is 17.2. The van der Waals surface area contributed by atoms with Gasteiger partial charge in [-0.25, -0.2) is 13.4 Å². The molecule has 0 radical (unpaired) electrons. The molecule has 0 saturated heterocycles. The minimum atomic E-state index is -3.52. The zero-order chi connectivity index (χ0) is 26.3. The van der Waals surface area contributed by atoms with Gasteiger partial charge in [-0.05, 0) is 69.9 Å². The van der Waals surface area contributed by atoms with E-state index in [4.69, 9.17) is 19.2 Å². The number of carbonyl (C=O) groups excluding carboxylic acids is 1. The Morgan fingerprint density at radius 1 is 0.917 bits per heavy atom. The van der Waals surface area contributed by atoms with Crippen LogP contribution in [0.2, 0.25) is 0 Å². The van der Waals surface area contributed by atoms with Crippen LogP contribution >= 0.6 is 11.3 Å². The number of methoxy groups -OCH3 is 3. The van der Waals surface area contributed by atoms with E-state index in [0.717, 1.165) is 17.7 Å². The first-order valence-electron chi connectivity index (χ1n) is 11.5. The fourth-order valence-electron chi connectivity index (χ4n) is 3.71. The van der Waals surface area contributed by atoms with Gasteiger partial charge in [-0.15, -0.1) is 0 Å². The van der Waals surface area contributed by atoms with Crippen molar-refractivity contribution in [3.05, 3.63) is 36.4 Å². The van der Waals surface area contributed by atoms with Gasteiger partial charge < -0.3 is 19.1 Å². The zero-order valence-corrected chi connectivity index (χ0v) is 22.9. The van der Waals surface area contributed by atoms with Gasteiger partial charge in [-0.2, -0.15) is 0 Å². The molecule has 0 N–H and O–H groups in total. The third-order valence-electron chi connectivity index (χ3n) is 5.64. The van der Waals surface area contributed by atoms with Crippen molar-refractivity contribution in [2.45, 2.75) is 24.2 Å². The number of benzene rings is 2. The summed E-state index contributed by atoms with van der Waals surface area (Å²) in [6, 6.07) is 9.86. The van der Waals surface area contributed by atoms with Gasteiger partial charge in [0.25, 0.3) is 0 Å². The highest BCUT2D eigenvalue weighted by molar-refractivity contribution is 7.91. The van der Waals surface area contributed by atoms with Gasteiger partial charge in [0.15, 0.2) is 15.0 Å². The Balaban J connectivity index is 1.78. The number of hydrogen-bond donors (Lipinski definition) is 0. The maximum atomic E-state index is 13.3. The molecule has 0 saturated carbocycles. The third-order valence-corrected chi connectivity index (χ3v) is 8.55. The number of rotatable bonds is 13. The molecule has 9 nitrogen and oxygen atoms in total. The molecule has 0 bridgehead atoms. The second kappa shape index (κ2) is 12.4. The highest BCUT2D eigenvalue weighted by Crippen LogP contribution is 2.40. The summed E-state index contributed by atoms with van der Waals surface area (Å²) in [5, 5.41) is 0.537. The molecular formula is C25H33N3O6S2. The van der Waals surface area contributed by atoms with Crippen molar-refractivity contribution in [3.63, 3.8) is 0 Å². The predicted molar refractivity (Wildman–Crippen MR) is 143 cm³/mol. The Bertz CT molecular complexity index is 1230. The number of carbonyl (C=O) groups is 1. The van der Waals surface area contributed by atoms with Gasteiger partial charge in [-0.1, -0.05) is 11.3 Å². The summed E-state index contributed by atoms with van der Waals surface area (Å²) >= 11 is 1.36. The number of thiazole rings is 1. The van der Waals surface area contributed by atoms with Gasteiger partial charge in [-0.3, -0.25) is 9.69 Å². The molecule has 1 heterocycles. The van der Waals surface area contributed by atoms with Gasteiger partial charge in [0.2, 0.25) is 5.91 Å². The number of amides is 1. The van der Waals surface area contributed by atoms with Crippen molar-refractivity contribution in [2.75, 3.05) is 59.2 Å². The van der Waals surface area contributed by atoms with E-state index in [2.05, 4.69) is 4.90 Å². The van der Waals surface area contributed by atoms with Crippen LogP contribution in [0, 0.1) is 0 Å². The standard InChI is InChI=1S/C25H33N3O6S2/c1-27(2)15-7-16-28(25-26-23-20(33-4)13-14-21(34-5)24(23)35-25)22(29)8-6-17-36(30,31)19-11-9-18(32-3)10-12-19/h9-14H,6-8,15-17H2,1-5H3. The minimum Gasteiger partial charge on any atom is -0.497 e. The number of anilines is 1. The lowest BCUT2D eigenvalue weighted by Crippen LogP contribution is -2.33. The molecule has 3 rings (SSSR count). The van der Waals surface area contributed by atoms with Crippen LogP contribution in [-0.4, -0.2) is 78.5 Å². The van der Waals surface area contributed by atoms with Crippen molar-refractivity contribution in [3.8, 4) is 17.2 Å². The lowest BCUT2D eigenvalue weighted by molar-refractivity contribution is -0.118. The molecule has 0 fully saturated rings. The average molecular weight is 536 g/mol. The predicted octanol–water partition coefficient (Wildman–Crippen LogP) is 3.86. The fraction of sp³-hybridized carbons (Fsp3) is 0.440. The maximum Gasteiger partial charge on any atom is 0.228 e. The van der Waals surface area contributed by atoms with E-state index in [0.29, 0.717) is 34.4 Å². The van der Waals surface area contributed by atoms with Crippen LogP contribution in [0.4, 0.5) is 5.13 Å². The van der Waals surface area contributed by atoms with Crippen LogP contribution in [0.25, 0.3) is 10.2 Å². The molecule has 0 aliphatic rings. The number of nitrogens with zero attached hydrogens (tertiary/aromatic N) is 3.